The predicted octanol–water partition coefficient (Wildman–Crippen LogP) is 2.43. The van der Waals surface area contributed by atoms with E-state index in [0.717, 1.165) is 0 Å². The molecular formula is C21H21N3O6. The van der Waals surface area contributed by atoms with E-state index in [1.54, 1.807) is 62.6 Å². The van der Waals surface area contributed by atoms with Crippen LogP contribution in [0.15, 0.2) is 59.8 Å². The third kappa shape index (κ3) is 4.88. The summed E-state index contributed by atoms with van der Waals surface area (Å²) in [5, 5.41) is 16.9. The van der Waals surface area contributed by atoms with Gasteiger partial charge in [0.15, 0.2) is 6.61 Å². The van der Waals surface area contributed by atoms with E-state index < -0.39 is 24.6 Å². The first-order chi connectivity index (χ1) is 14.4. The summed E-state index contributed by atoms with van der Waals surface area (Å²) in [6.45, 7) is 1.19. The first-order valence-corrected chi connectivity index (χ1v) is 9.05. The molecule has 3 amide bonds. The van der Waals surface area contributed by atoms with Gasteiger partial charge < -0.3 is 30.5 Å². The summed E-state index contributed by atoms with van der Waals surface area (Å²) in [7, 11) is 1.56. The van der Waals surface area contributed by atoms with Crippen LogP contribution in [0, 0.1) is 0 Å². The fourth-order valence-electron chi connectivity index (χ4n) is 3.02. The normalized spacial score (nSPS) is 15.7. The van der Waals surface area contributed by atoms with E-state index in [4.69, 9.17) is 14.6 Å². The standard InChI is InChI=1S/C21H21N3O6/c1-12-18(20(27)23-14-5-9-15(29-2)10-6-14)19(24-21(28)22-12)13-3-7-16(8-4-13)30-11-17(25)26/h3-10,19H,11H2,1-2H3,(H,23,27)(H,25,26)(H2,22,24,28). The molecule has 0 aromatic heterocycles. The van der Waals surface area contributed by atoms with Crippen LogP contribution < -0.4 is 25.4 Å². The van der Waals surface area contributed by atoms with Crippen molar-refractivity contribution in [3.05, 3.63) is 65.4 Å². The zero-order chi connectivity index (χ0) is 21.7. The van der Waals surface area contributed by atoms with Gasteiger partial charge in [0, 0.05) is 11.4 Å². The lowest BCUT2D eigenvalue weighted by molar-refractivity contribution is -0.139. The number of benzene rings is 2. The van der Waals surface area contributed by atoms with Crippen molar-refractivity contribution < 1.29 is 29.0 Å². The van der Waals surface area contributed by atoms with Crippen LogP contribution in [0.3, 0.4) is 0 Å². The number of hydrogen-bond donors (Lipinski definition) is 4. The number of carbonyl (C=O) groups excluding carboxylic acids is 2. The highest BCUT2D eigenvalue weighted by atomic mass is 16.5. The lowest BCUT2D eigenvalue weighted by Gasteiger charge is -2.28. The maximum absolute atomic E-state index is 13.0. The summed E-state index contributed by atoms with van der Waals surface area (Å²) in [5.41, 5.74) is 2.01. The highest BCUT2D eigenvalue weighted by molar-refractivity contribution is 6.06. The number of carbonyl (C=O) groups is 3. The second-order valence-electron chi connectivity index (χ2n) is 6.50. The Bertz CT molecular complexity index is 983. The number of urea groups is 1. The quantitative estimate of drug-likeness (QED) is 0.554. The number of carboxylic acids is 1. The van der Waals surface area contributed by atoms with Gasteiger partial charge in [0.2, 0.25) is 0 Å². The molecule has 0 fully saturated rings. The first kappa shape index (κ1) is 20.7. The monoisotopic (exact) mass is 411 g/mol. The van der Waals surface area contributed by atoms with Crippen molar-refractivity contribution in [1.29, 1.82) is 0 Å². The molecule has 3 rings (SSSR count). The van der Waals surface area contributed by atoms with Crippen LogP contribution in [0.1, 0.15) is 18.5 Å². The Balaban J connectivity index is 1.83. The second kappa shape index (κ2) is 8.99. The molecule has 1 unspecified atom stereocenters. The van der Waals surface area contributed by atoms with Gasteiger partial charge in [-0.2, -0.15) is 0 Å². The van der Waals surface area contributed by atoms with Crippen molar-refractivity contribution in [2.45, 2.75) is 13.0 Å². The van der Waals surface area contributed by atoms with Crippen molar-refractivity contribution in [1.82, 2.24) is 10.6 Å². The zero-order valence-electron chi connectivity index (χ0n) is 16.4. The Morgan fingerprint density at radius 2 is 1.70 bits per heavy atom. The summed E-state index contributed by atoms with van der Waals surface area (Å²) in [5.74, 6) is -0.425. The Labute approximate surface area is 172 Å². The number of amides is 3. The van der Waals surface area contributed by atoms with Crippen molar-refractivity contribution in [3.8, 4) is 11.5 Å². The number of ether oxygens (including phenoxy) is 2. The summed E-state index contributed by atoms with van der Waals surface area (Å²) in [6.07, 6.45) is 0. The van der Waals surface area contributed by atoms with Crippen molar-refractivity contribution in [3.63, 3.8) is 0 Å². The number of anilines is 1. The van der Waals surface area contributed by atoms with Crippen LogP contribution >= 0.6 is 0 Å². The zero-order valence-corrected chi connectivity index (χ0v) is 16.4. The number of carboxylic acid groups (broad SMARTS) is 1. The lowest BCUT2D eigenvalue weighted by atomic mass is 9.94. The van der Waals surface area contributed by atoms with Crippen LogP contribution in [0.4, 0.5) is 10.5 Å². The van der Waals surface area contributed by atoms with Gasteiger partial charge in [-0.1, -0.05) is 12.1 Å². The maximum Gasteiger partial charge on any atom is 0.341 e. The van der Waals surface area contributed by atoms with Gasteiger partial charge in [0.25, 0.3) is 5.91 Å². The topological polar surface area (TPSA) is 126 Å². The van der Waals surface area contributed by atoms with Crippen molar-refractivity contribution in [2.75, 3.05) is 19.0 Å². The van der Waals surface area contributed by atoms with Crippen molar-refractivity contribution >= 4 is 23.6 Å². The van der Waals surface area contributed by atoms with Crippen molar-refractivity contribution in [2.24, 2.45) is 0 Å². The molecule has 2 aromatic rings. The average molecular weight is 411 g/mol. The SMILES string of the molecule is COc1ccc(NC(=O)C2=C(C)NC(=O)NC2c2ccc(OCC(=O)O)cc2)cc1. The van der Waals surface area contributed by atoms with E-state index in [2.05, 4.69) is 16.0 Å². The molecule has 0 bridgehead atoms. The first-order valence-electron chi connectivity index (χ1n) is 9.05. The van der Waals surface area contributed by atoms with Gasteiger partial charge in [0.05, 0.1) is 18.7 Å². The number of hydrogen-bond acceptors (Lipinski definition) is 5. The smallest absolute Gasteiger partial charge is 0.341 e. The molecule has 4 N–H and O–H groups in total. The molecule has 9 heteroatoms. The minimum absolute atomic E-state index is 0.352. The maximum atomic E-state index is 13.0. The van der Waals surface area contributed by atoms with Gasteiger partial charge in [-0.05, 0) is 48.9 Å². The van der Waals surface area contributed by atoms with Gasteiger partial charge >= 0.3 is 12.0 Å². The van der Waals surface area contributed by atoms with E-state index in [1.807, 2.05) is 0 Å². The van der Waals surface area contributed by atoms with E-state index >= 15 is 0 Å². The molecule has 0 aliphatic carbocycles. The van der Waals surface area contributed by atoms with Crippen LogP contribution in [0.5, 0.6) is 11.5 Å². The van der Waals surface area contributed by atoms with Gasteiger partial charge in [0.1, 0.15) is 11.5 Å². The van der Waals surface area contributed by atoms with Crippen LogP contribution in [0.25, 0.3) is 0 Å². The average Bonchev–Trinajstić information content (AvgIpc) is 2.72. The minimum atomic E-state index is -1.08. The Hall–Kier alpha value is -4.01. The van der Waals surface area contributed by atoms with Gasteiger partial charge in [-0.25, -0.2) is 9.59 Å². The molecule has 1 aliphatic heterocycles. The molecule has 2 aromatic carbocycles. The predicted molar refractivity (Wildman–Crippen MR) is 108 cm³/mol. The number of aliphatic carboxylic acids is 1. The van der Waals surface area contributed by atoms with Crippen LogP contribution in [-0.2, 0) is 9.59 Å². The summed E-state index contributed by atoms with van der Waals surface area (Å²) >= 11 is 0. The highest BCUT2D eigenvalue weighted by Gasteiger charge is 2.31. The third-order valence-electron chi connectivity index (χ3n) is 4.44. The van der Waals surface area contributed by atoms with Gasteiger partial charge in [-0.3, -0.25) is 4.79 Å². The van der Waals surface area contributed by atoms with E-state index in [0.29, 0.717) is 34.0 Å². The second-order valence-corrected chi connectivity index (χ2v) is 6.50. The Kier molecular flexibility index (Phi) is 6.21. The summed E-state index contributed by atoms with van der Waals surface area (Å²) in [4.78, 5) is 35.6. The highest BCUT2D eigenvalue weighted by Crippen LogP contribution is 2.29. The number of allylic oxidation sites excluding steroid dienone is 1. The molecule has 0 saturated carbocycles. The molecule has 1 atom stereocenters. The molecule has 156 valence electrons. The number of methoxy groups -OCH3 is 1. The molecule has 30 heavy (non-hydrogen) atoms. The Morgan fingerprint density at radius 3 is 2.30 bits per heavy atom. The third-order valence-corrected chi connectivity index (χ3v) is 4.44. The molecule has 1 aliphatic rings. The molecule has 0 spiro atoms. The molecule has 0 radical (unpaired) electrons. The van der Waals surface area contributed by atoms with E-state index in [-0.39, 0.29) is 5.91 Å². The number of nitrogens with one attached hydrogen (secondary N) is 3. The fourth-order valence-corrected chi connectivity index (χ4v) is 3.02. The Morgan fingerprint density at radius 1 is 1.07 bits per heavy atom. The summed E-state index contributed by atoms with van der Waals surface area (Å²) < 4.78 is 10.2. The lowest BCUT2D eigenvalue weighted by Crippen LogP contribution is -2.45. The van der Waals surface area contributed by atoms with E-state index in [9.17, 15) is 14.4 Å². The molecular weight excluding hydrogens is 390 g/mol. The minimum Gasteiger partial charge on any atom is -0.497 e. The largest absolute Gasteiger partial charge is 0.497 e. The van der Waals surface area contributed by atoms with Crippen LogP contribution in [0.2, 0.25) is 0 Å². The summed E-state index contributed by atoms with van der Waals surface area (Å²) in [6, 6.07) is 12.3. The number of rotatable bonds is 7. The molecule has 1 heterocycles. The molecule has 9 nitrogen and oxygen atoms in total. The van der Waals surface area contributed by atoms with Crippen LogP contribution in [-0.4, -0.2) is 36.7 Å². The van der Waals surface area contributed by atoms with Gasteiger partial charge in [-0.15, -0.1) is 0 Å². The fraction of sp³-hybridized carbons (Fsp3) is 0.190. The van der Waals surface area contributed by atoms with E-state index in [1.165, 1.54) is 0 Å². The molecule has 0 saturated heterocycles.